The molecule has 2 aromatic rings. The first kappa shape index (κ1) is 11.3. The van der Waals surface area contributed by atoms with E-state index in [9.17, 15) is 10.1 Å². The molecule has 0 unspecified atom stereocenters. The van der Waals surface area contributed by atoms with Gasteiger partial charge in [-0.05, 0) is 11.8 Å². The van der Waals surface area contributed by atoms with Crippen molar-refractivity contribution in [1.29, 1.82) is 0 Å². The van der Waals surface area contributed by atoms with Crippen LogP contribution in [-0.2, 0) is 7.05 Å². The minimum Gasteiger partial charge on any atom is -0.378 e. The van der Waals surface area contributed by atoms with E-state index in [0.717, 1.165) is 11.8 Å². The Kier molecular flexibility index (Phi) is 2.87. The normalized spacial score (nSPS) is 10.4. The van der Waals surface area contributed by atoms with Gasteiger partial charge in [-0.3, -0.25) is 10.1 Å². The predicted octanol–water partition coefficient (Wildman–Crippen LogP) is 0.247. The molecule has 0 aliphatic rings. The number of rotatable bonds is 3. The second-order valence-corrected chi connectivity index (χ2v) is 3.89. The Morgan fingerprint density at radius 1 is 1.41 bits per heavy atom. The lowest BCUT2D eigenvalue weighted by molar-refractivity contribution is -0.387. The topological polar surface area (TPSA) is 126 Å². The number of nitrogens with two attached hydrogens (primary N) is 1. The summed E-state index contributed by atoms with van der Waals surface area (Å²) in [7, 11) is 1.67. The number of nitrogens with zero attached hydrogens (tertiary/aromatic N) is 6. The van der Waals surface area contributed by atoms with Crippen molar-refractivity contribution in [2.75, 3.05) is 5.73 Å². The molecule has 10 heteroatoms. The van der Waals surface area contributed by atoms with Gasteiger partial charge in [0.2, 0.25) is 5.82 Å². The van der Waals surface area contributed by atoms with Gasteiger partial charge in [-0.15, -0.1) is 0 Å². The number of aromatic nitrogens is 5. The standard InChI is InChI=1S/C7H7N7O2S/c1-13-7(11-3-12-13)17-6-4(14(15)16)5(8)9-2-10-6/h2-3H,1H3,(H2,8,9,10). The summed E-state index contributed by atoms with van der Waals surface area (Å²) in [6, 6.07) is 0. The van der Waals surface area contributed by atoms with Gasteiger partial charge >= 0.3 is 5.69 Å². The van der Waals surface area contributed by atoms with E-state index in [-0.39, 0.29) is 16.5 Å². The molecule has 0 atom stereocenters. The van der Waals surface area contributed by atoms with E-state index in [1.165, 1.54) is 17.3 Å². The van der Waals surface area contributed by atoms with Crippen molar-refractivity contribution in [3.63, 3.8) is 0 Å². The van der Waals surface area contributed by atoms with Gasteiger partial charge in [-0.2, -0.15) is 5.10 Å². The molecule has 0 amide bonds. The summed E-state index contributed by atoms with van der Waals surface area (Å²) in [4.78, 5) is 21.6. The number of nitro groups is 1. The van der Waals surface area contributed by atoms with Crippen molar-refractivity contribution in [2.45, 2.75) is 10.2 Å². The number of hydrogen-bond acceptors (Lipinski definition) is 8. The minimum absolute atomic E-state index is 0.138. The third-order valence-corrected chi connectivity index (χ3v) is 2.90. The Bertz CT molecular complexity index is 569. The van der Waals surface area contributed by atoms with Crippen molar-refractivity contribution in [3.8, 4) is 0 Å². The van der Waals surface area contributed by atoms with Crippen LogP contribution in [0.1, 0.15) is 0 Å². The minimum atomic E-state index is -0.617. The lowest BCUT2D eigenvalue weighted by Gasteiger charge is -2.01. The van der Waals surface area contributed by atoms with Gasteiger partial charge in [0.1, 0.15) is 12.7 Å². The lowest BCUT2D eigenvalue weighted by Crippen LogP contribution is -2.02. The molecule has 0 saturated heterocycles. The number of hydrogen-bond donors (Lipinski definition) is 1. The van der Waals surface area contributed by atoms with Crippen LogP contribution in [0.4, 0.5) is 11.5 Å². The fraction of sp³-hybridized carbons (Fsp3) is 0.143. The Hall–Kier alpha value is -2.23. The Morgan fingerprint density at radius 2 is 2.18 bits per heavy atom. The molecular weight excluding hydrogens is 246 g/mol. The van der Waals surface area contributed by atoms with Crippen LogP contribution < -0.4 is 5.73 Å². The van der Waals surface area contributed by atoms with Crippen LogP contribution in [0.5, 0.6) is 0 Å². The maximum Gasteiger partial charge on any atom is 0.343 e. The molecule has 2 aromatic heterocycles. The zero-order chi connectivity index (χ0) is 12.4. The summed E-state index contributed by atoms with van der Waals surface area (Å²) in [5, 5.41) is 15.3. The quantitative estimate of drug-likeness (QED) is 0.468. The van der Waals surface area contributed by atoms with Gasteiger partial charge in [-0.1, -0.05) is 0 Å². The molecule has 2 rings (SSSR count). The number of nitrogen functional groups attached to an aromatic ring is 1. The second-order valence-electron chi connectivity index (χ2n) is 2.94. The first-order chi connectivity index (χ1) is 8.09. The van der Waals surface area contributed by atoms with Crippen LogP contribution in [-0.4, -0.2) is 29.7 Å². The van der Waals surface area contributed by atoms with Crippen LogP contribution in [0.3, 0.4) is 0 Å². The summed E-state index contributed by atoms with van der Waals surface area (Å²) >= 11 is 1.01. The summed E-state index contributed by atoms with van der Waals surface area (Å²) in [6.07, 6.45) is 2.51. The van der Waals surface area contributed by atoms with E-state index in [4.69, 9.17) is 5.73 Å². The van der Waals surface area contributed by atoms with Crippen molar-refractivity contribution in [1.82, 2.24) is 24.7 Å². The Labute approximate surface area is 99.2 Å². The highest BCUT2D eigenvalue weighted by Crippen LogP contribution is 2.33. The summed E-state index contributed by atoms with van der Waals surface area (Å²) in [5.74, 6) is -0.172. The lowest BCUT2D eigenvalue weighted by atomic mass is 10.5. The summed E-state index contributed by atoms with van der Waals surface area (Å²) < 4.78 is 1.48. The van der Waals surface area contributed by atoms with Gasteiger partial charge in [0.25, 0.3) is 0 Å². The van der Waals surface area contributed by atoms with Gasteiger partial charge in [-0.25, -0.2) is 19.6 Å². The predicted molar refractivity (Wildman–Crippen MR) is 58.2 cm³/mol. The van der Waals surface area contributed by atoms with Crippen LogP contribution in [0, 0.1) is 10.1 Å². The zero-order valence-electron chi connectivity index (χ0n) is 8.64. The molecular formula is C7H7N7O2S. The summed E-state index contributed by atoms with van der Waals surface area (Å²) in [6.45, 7) is 0. The van der Waals surface area contributed by atoms with Gasteiger partial charge in [0.15, 0.2) is 10.2 Å². The zero-order valence-corrected chi connectivity index (χ0v) is 9.46. The molecule has 2 heterocycles. The third kappa shape index (κ3) is 2.15. The monoisotopic (exact) mass is 253 g/mol. The molecule has 2 N–H and O–H groups in total. The van der Waals surface area contributed by atoms with Crippen LogP contribution in [0.25, 0.3) is 0 Å². The molecule has 88 valence electrons. The molecule has 0 aliphatic carbocycles. The fourth-order valence-electron chi connectivity index (χ4n) is 1.09. The van der Waals surface area contributed by atoms with Crippen molar-refractivity contribution < 1.29 is 4.92 Å². The Morgan fingerprint density at radius 3 is 2.76 bits per heavy atom. The molecule has 0 aromatic carbocycles. The van der Waals surface area contributed by atoms with Crippen LogP contribution in [0.15, 0.2) is 22.8 Å². The average molecular weight is 253 g/mol. The van der Waals surface area contributed by atoms with Gasteiger partial charge in [0, 0.05) is 7.05 Å². The molecule has 0 fully saturated rings. The number of anilines is 1. The highest BCUT2D eigenvalue weighted by Gasteiger charge is 2.22. The highest BCUT2D eigenvalue weighted by molar-refractivity contribution is 7.99. The van der Waals surface area contributed by atoms with E-state index >= 15 is 0 Å². The maximum atomic E-state index is 10.8. The van der Waals surface area contributed by atoms with Crippen LogP contribution >= 0.6 is 11.8 Å². The Balaban J connectivity index is 2.43. The van der Waals surface area contributed by atoms with E-state index in [0.29, 0.717) is 5.16 Å². The van der Waals surface area contributed by atoms with Gasteiger partial charge < -0.3 is 5.73 Å². The molecule has 0 bridgehead atoms. The summed E-state index contributed by atoms with van der Waals surface area (Å²) in [5.41, 5.74) is 5.12. The number of aryl methyl sites for hydroxylation is 1. The van der Waals surface area contributed by atoms with Crippen molar-refractivity contribution >= 4 is 23.3 Å². The third-order valence-electron chi connectivity index (χ3n) is 1.86. The van der Waals surface area contributed by atoms with Gasteiger partial charge in [0.05, 0.1) is 4.92 Å². The largest absolute Gasteiger partial charge is 0.378 e. The first-order valence-electron chi connectivity index (χ1n) is 4.36. The molecule has 17 heavy (non-hydrogen) atoms. The van der Waals surface area contributed by atoms with Crippen LogP contribution in [0.2, 0.25) is 0 Å². The van der Waals surface area contributed by atoms with E-state index < -0.39 is 4.92 Å². The van der Waals surface area contributed by atoms with Crippen molar-refractivity contribution in [2.24, 2.45) is 7.05 Å². The smallest absolute Gasteiger partial charge is 0.343 e. The second kappa shape index (κ2) is 4.33. The fourth-order valence-corrected chi connectivity index (χ4v) is 1.91. The molecule has 0 radical (unpaired) electrons. The molecule has 0 spiro atoms. The average Bonchev–Trinajstić information content (AvgIpc) is 2.64. The maximum absolute atomic E-state index is 10.8. The van der Waals surface area contributed by atoms with Crippen molar-refractivity contribution in [3.05, 3.63) is 22.8 Å². The van der Waals surface area contributed by atoms with E-state index in [1.807, 2.05) is 0 Å². The molecule has 9 nitrogen and oxygen atoms in total. The first-order valence-corrected chi connectivity index (χ1v) is 5.18. The highest BCUT2D eigenvalue weighted by atomic mass is 32.2. The SMILES string of the molecule is Cn1ncnc1Sc1ncnc(N)c1[N+](=O)[O-]. The van der Waals surface area contributed by atoms with E-state index in [1.54, 1.807) is 7.05 Å². The molecule has 0 aliphatic heterocycles. The van der Waals surface area contributed by atoms with E-state index in [2.05, 4.69) is 20.1 Å². The molecule has 0 saturated carbocycles.